The van der Waals surface area contributed by atoms with Crippen molar-refractivity contribution in [3.8, 4) is 0 Å². The summed E-state index contributed by atoms with van der Waals surface area (Å²) in [6.45, 7) is 3.49. The van der Waals surface area contributed by atoms with Gasteiger partial charge >= 0.3 is 25.7 Å². The number of phosphoric acid groups is 1. The summed E-state index contributed by atoms with van der Waals surface area (Å²) in [4.78, 5) is 51.1. The molecular formula is C75H141O24P. The van der Waals surface area contributed by atoms with Crippen LogP contribution in [0.1, 0.15) is 329 Å². The Morgan fingerprint density at radius 1 is 0.350 bits per heavy atom. The largest absolute Gasteiger partial charge is 0.472 e. The second kappa shape index (κ2) is 57.2. The summed E-state index contributed by atoms with van der Waals surface area (Å²) in [5.74, 6) is -1.97. The van der Waals surface area contributed by atoms with Crippen molar-refractivity contribution in [3.63, 3.8) is 0 Å². The lowest BCUT2D eigenvalue weighted by Gasteiger charge is -2.49. The van der Waals surface area contributed by atoms with Gasteiger partial charge in [-0.25, -0.2) is 4.57 Å². The second-order valence-corrected chi connectivity index (χ2v) is 30.2. The number of rotatable bonds is 63. The molecule has 2 aliphatic heterocycles. The zero-order chi connectivity index (χ0) is 73.2. The molecule has 0 aromatic carbocycles. The van der Waals surface area contributed by atoms with Crippen LogP contribution in [0, 0.1) is 0 Å². The van der Waals surface area contributed by atoms with Gasteiger partial charge in [-0.3, -0.25) is 23.4 Å². The van der Waals surface area contributed by atoms with Crippen LogP contribution in [-0.4, -0.2) is 204 Å². The number of hydrogen-bond acceptors (Lipinski definition) is 23. The van der Waals surface area contributed by atoms with Crippen LogP contribution in [0.4, 0.5) is 0 Å². The Hall–Kier alpha value is -2.04. The Labute approximate surface area is 600 Å². The molecule has 2 heterocycles. The van der Waals surface area contributed by atoms with E-state index < -0.39 is 156 Å². The van der Waals surface area contributed by atoms with Gasteiger partial charge in [-0.2, -0.15) is 0 Å². The average Bonchev–Trinajstić information content (AvgIpc) is 0.762. The van der Waals surface area contributed by atoms with Gasteiger partial charge in [0, 0.05) is 19.3 Å². The third kappa shape index (κ3) is 39.5. The Balaban J connectivity index is 1.71. The van der Waals surface area contributed by atoms with E-state index in [4.69, 9.17) is 42.2 Å². The first-order valence-corrected chi connectivity index (χ1v) is 41.3. The third-order valence-electron chi connectivity index (χ3n) is 19.9. The molecule has 0 aromatic rings. The molecular weight excluding hydrogens is 1320 g/mol. The Kier molecular flexibility index (Phi) is 52.7. The Morgan fingerprint density at radius 2 is 0.640 bits per heavy atom. The van der Waals surface area contributed by atoms with Crippen molar-refractivity contribution >= 4 is 25.7 Å². The van der Waals surface area contributed by atoms with Crippen molar-refractivity contribution in [1.82, 2.24) is 0 Å². The molecule has 0 amide bonds. The molecule has 2 saturated heterocycles. The molecule has 1 saturated carbocycles. The summed E-state index contributed by atoms with van der Waals surface area (Å²) >= 11 is 0. The molecule has 24 nitrogen and oxygen atoms in total. The van der Waals surface area contributed by atoms with Gasteiger partial charge in [-0.05, 0) is 19.3 Å². The van der Waals surface area contributed by atoms with Crippen LogP contribution >= 0.6 is 7.82 Å². The van der Waals surface area contributed by atoms with Crippen molar-refractivity contribution in [2.24, 2.45) is 0 Å². The minimum atomic E-state index is -5.69. The van der Waals surface area contributed by atoms with Crippen molar-refractivity contribution in [2.45, 2.75) is 433 Å². The van der Waals surface area contributed by atoms with Gasteiger partial charge in [0.2, 0.25) is 0 Å². The number of phosphoric ester groups is 1. The second-order valence-electron chi connectivity index (χ2n) is 28.8. The standard InChI is InChI=1S/C75H141O24P/c1-4-7-10-13-16-19-22-25-27-29-31-32-35-38-40-43-46-49-59(77)91-53-56(94-61(79)51-48-45-42-39-36-33-30-28-26-23-20-17-14-11-8-5-2)54-93-100(89,90)99-73-71(97-74-69(87)64(82)62(80)57(52-76)95-74)67(85)66(84)68(86)72(73)98-75-70(88)65(83)63(81)58(96-75)55-92-60(78)50-47-44-41-37-34-24-21-18-15-12-9-6-3/h56-58,62-76,80-88H,4-55H2,1-3H3,(H,89,90). The molecule has 590 valence electrons. The summed E-state index contributed by atoms with van der Waals surface area (Å²) < 4.78 is 65.2. The maximum Gasteiger partial charge on any atom is 0.472 e. The lowest BCUT2D eigenvalue weighted by Crippen LogP contribution is -2.69. The maximum absolute atomic E-state index is 14.4. The molecule has 3 rings (SSSR count). The van der Waals surface area contributed by atoms with E-state index in [1.165, 1.54) is 180 Å². The Morgan fingerprint density at radius 3 is 0.980 bits per heavy atom. The highest BCUT2D eigenvalue weighted by Gasteiger charge is 2.58. The molecule has 11 N–H and O–H groups in total. The van der Waals surface area contributed by atoms with Crippen molar-refractivity contribution in [2.75, 3.05) is 26.4 Å². The first kappa shape index (κ1) is 92.2. The molecule has 18 atom stereocenters. The normalized spacial score (nSPS) is 27.3. The molecule has 0 bridgehead atoms. The smallest absolute Gasteiger partial charge is 0.463 e. The molecule has 0 spiro atoms. The van der Waals surface area contributed by atoms with Gasteiger partial charge in [0.15, 0.2) is 18.7 Å². The van der Waals surface area contributed by atoms with Gasteiger partial charge < -0.3 is 89.1 Å². The predicted octanol–water partition coefficient (Wildman–Crippen LogP) is 11.7. The van der Waals surface area contributed by atoms with Crippen molar-refractivity contribution < 1.29 is 117 Å². The number of carbonyl (C=O) groups excluding carboxylic acids is 3. The highest BCUT2D eigenvalue weighted by Crippen LogP contribution is 2.49. The zero-order valence-corrected chi connectivity index (χ0v) is 62.7. The molecule has 18 unspecified atom stereocenters. The van der Waals surface area contributed by atoms with Crippen LogP contribution in [-0.2, 0) is 61.2 Å². The topological polar surface area (TPSA) is 374 Å². The van der Waals surface area contributed by atoms with E-state index in [0.29, 0.717) is 19.3 Å². The summed E-state index contributed by atoms with van der Waals surface area (Å²) in [7, 11) is -5.69. The maximum atomic E-state index is 14.4. The Bertz CT molecular complexity index is 2060. The first-order valence-electron chi connectivity index (χ1n) is 39.8. The lowest BCUT2D eigenvalue weighted by atomic mass is 9.84. The molecule has 1 aliphatic carbocycles. The summed E-state index contributed by atoms with van der Waals surface area (Å²) in [5, 5.41) is 110. The third-order valence-corrected chi connectivity index (χ3v) is 20.9. The van der Waals surface area contributed by atoms with Crippen molar-refractivity contribution in [1.29, 1.82) is 0 Å². The van der Waals surface area contributed by atoms with E-state index in [2.05, 4.69) is 20.8 Å². The lowest BCUT2D eigenvalue weighted by molar-refractivity contribution is -0.360. The van der Waals surface area contributed by atoms with Gasteiger partial charge in [0.05, 0.1) is 13.2 Å². The van der Waals surface area contributed by atoms with E-state index in [0.717, 1.165) is 89.9 Å². The quantitative estimate of drug-likeness (QED) is 0.0117. The number of ether oxygens (including phenoxy) is 7. The van der Waals surface area contributed by atoms with Crippen LogP contribution in [0.3, 0.4) is 0 Å². The fourth-order valence-corrected chi connectivity index (χ4v) is 14.4. The van der Waals surface area contributed by atoms with Gasteiger partial charge in [-0.15, -0.1) is 0 Å². The first-order chi connectivity index (χ1) is 48.3. The highest BCUT2D eigenvalue weighted by molar-refractivity contribution is 7.47. The SMILES string of the molecule is CCCCCCCCCCCCCCCCCCCC(=O)OCC(COP(=O)(O)OC1C(OC2OC(CO)C(O)C(O)C2O)C(O)C(O)C(O)C1OC1OC(COC(=O)CCCCCCCCCCCCCC)C(O)C(O)C1O)OC(=O)CCCCCCCCCCCCCCCCCC. The summed E-state index contributed by atoms with van der Waals surface area (Å²) in [6, 6.07) is 0. The highest BCUT2D eigenvalue weighted by atomic mass is 31.2. The zero-order valence-electron chi connectivity index (χ0n) is 61.8. The number of aliphatic hydroxyl groups excluding tert-OH is 10. The molecule has 3 aliphatic rings. The molecule has 3 fully saturated rings. The van der Waals surface area contributed by atoms with E-state index in [1.807, 2.05) is 0 Å². The van der Waals surface area contributed by atoms with E-state index in [9.17, 15) is 74.9 Å². The monoisotopic (exact) mass is 1460 g/mol. The number of unbranched alkanes of at least 4 members (excludes halogenated alkanes) is 42. The fourth-order valence-electron chi connectivity index (χ4n) is 13.4. The average molecular weight is 1460 g/mol. The minimum Gasteiger partial charge on any atom is -0.463 e. The molecule has 0 aromatic heterocycles. The number of esters is 3. The van der Waals surface area contributed by atoms with Gasteiger partial charge in [-0.1, -0.05) is 290 Å². The van der Waals surface area contributed by atoms with E-state index in [-0.39, 0.29) is 19.3 Å². The predicted molar refractivity (Wildman–Crippen MR) is 379 cm³/mol. The van der Waals surface area contributed by atoms with Crippen LogP contribution in [0.25, 0.3) is 0 Å². The minimum absolute atomic E-state index is 0.0326. The van der Waals surface area contributed by atoms with Crippen LogP contribution < -0.4 is 0 Å². The van der Waals surface area contributed by atoms with Gasteiger partial charge in [0.1, 0.15) is 98.7 Å². The van der Waals surface area contributed by atoms with E-state index >= 15 is 0 Å². The number of aliphatic hydroxyl groups is 10. The summed E-state index contributed by atoms with van der Waals surface area (Å²) in [6.07, 6.45) is 15.8. The molecule has 100 heavy (non-hydrogen) atoms. The summed E-state index contributed by atoms with van der Waals surface area (Å²) in [5.41, 5.74) is 0. The number of hydrogen-bond donors (Lipinski definition) is 11. The molecule has 25 heteroatoms. The van der Waals surface area contributed by atoms with Gasteiger partial charge in [0.25, 0.3) is 0 Å². The fraction of sp³-hybridized carbons (Fsp3) is 0.960. The molecule has 0 radical (unpaired) electrons. The van der Waals surface area contributed by atoms with Crippen LogP contribution in [0.5, 0.6) is 0 Å². The van der Waals surface area contributed by atoms with E-state index in [1.54, 1.807) is 0 Å². The number of carbonyl (C=O) groups is 3. The van der Waals surface area contributed by atoms with Crippen molar-refractivity contribution in [3.05, 3.63) is 0 Å². The van der Waals surface area contributed by atoms with Crippen LogP contribution in [0.15, 0.2) is 0 Å². The van der Waals surface area contributed by atoms with Crippen LogP contribution in [0.2, 0.25) is 0 Å².